The molecule has 5 nitrogen and oxygen atoms in total. The van der Waals surface area contributed by atoms with Gasteiger partial charge in [-0.15, -0.1) is 22.7 Å². The Morgan fingerprint density at radius 2 is 1.78 bits per heavy atom. The van der Waals surface area contributed by atoms with Gasteiger partial charge in [0.25, 0.3) is 0 Å². The lowest BCUT2D eigenvalue weighted by Crippen LogP contribution is -2.11. The Kier molecular flexibility index (Phi) is 4.33. The van der Waals surface area contributed by atoms with Crippen molar-refractivity contribution in [2.45, 2.75) is 25.2 Å². The Labute approximate surface area is 142 Å². The summed E-state index contributed by atoms with van der Waals surface area (Å²) in [4.78, 5) is 11.3. The van der Waals surface area contributed by atoms with Gasteiger partial charge in [0, 0.05) is 11.1 Å². The Hall–Kier alpha value is -1.61. The van der Waals surface area contributed by atoms with Gasteiger partial charge in [0.2, 0.25) is 10.0 Å². The molecule has 0 radical (unpaired) electrons. The van der Waals surface area contributed by atoms with E-state index in [2.05, 4.69) is 9.97 Å². The van der Waals surface area contributed by atoms with E-state index in [0.717, 1.165) is 32.6 Å². The molecule has 0 saturated carbocycles. The van der Waals surface area contributed by atoms with Crippen LogP contribution in [0.15, 0.2) is 35.4 Å². The number of benzene rings is 1. The average molecular weight is 366 g/mol. The molecule has 0 bridgehead atoms. The number of thiazole rings is 2. The van der Waals surface area contributed by atoms with Gasteiger partial charge in [0.15, 0.2) is 0 Å². The highest BCUT2D eigenvalue weighted by Crippen LogP contribution is 2.32. The molecule has 8 heteroatoms. The molecule has 1 aromatic carbocycles. The maximum atomic E-state index is 11.3. The molecule has 0 amide bonds. The maximum absolute atomic E-state index is 11.3. The molecule has 0 aliphatic heterocycles. The number of nitrogens with zero attached hydrogens (tertiary/aromatic N) is 2. The van der Waals surface area contributed by atoms with Gasteiger partial charge in [0.05, 0.1) is 26.9 Å². The van der Waals surface area contributed by atoms with E-state index in [9.17, 15) is 8.42 Å². The molecule has 2 aromatic heterocycles. The fourth-order valence-corrected chi connectivity index (χ4v) is 4.68. The quantitative estimate of drug-likeness (QED) is 0.769. The zero-order valence-electron chi connectivity index (χ0n) is 12.6. The molecule has 23 heavy (non-hydrogen) atoms. The zero-order valence-corrected chi connectivity index (χ0v) is 15.1. The van der Waals surface area contributed by atoms with Gasteiger partial charge < -0.3 is 0 Å². The Balaban J connectivity index is 1.88. The van der Waals surface area contributed by atoms with Crippen molar-refractivity contribution >= 4 is 32.7 Å². The first-order valence-corrected chi connectivity index (χ1v) is 10.0. The normalized spacial score (nSPS) is 11.8. The van der Waals surface area contributed by atoms with Crippen LogP contribution in [-0.4, -0.2) is 18.4 Å². The topological polar surface area (TPSA) is 85.9 Å². The summed E-state index contributed by atoms with van der Waals surface area (Å²) >= 11 is 3.28. The lowest BCUT2D eigenvalue weighted by atomic mass is 10.2. The molecule has 0 spiro atoms. The molecule has 2 heterocycles. The van der Waals surface area contributed by atoms with Gasteiger partial charge in [-0.05, 0) is 31.5 Å². The van der Waals surface area contributed by atoms with Crippen LogP contribution in [0.3, 0.4) is 0 Å². The van der Waals surface area contributed by atoms with Gasteiger partial charge in [0.1, 0.15) is 5.01 Å². The summed E-state index contributed by atoms with van der Waals surface area (Å²) < 4.78 is 22.6. The van der Waals surface area contributed by atoms with Crippen molar-refractivity contribution in [3.63, 3.8) is 0 Å². The van der Waals surface area contributed by atoms with E-state index in [-0.39, 0.29) is 4.90 Å². The fourth-order valence-electron chi connectivity index (χ4n) is 2.20. The number of hydrogen-bond donors (Lipinski definition) is 1. The molecule has 0 unspecified atom stereocenters. The zero-order chi connectivity index (χ0) is 16.6. The van der Waals surface area contributed by atoms with Crippen LogP contribution in [0.1, 0.15) is 20.6 Å². The third-order valence-electron chi connectivity index (χ3n) is 3.26. The van der Waals surface area contributed by atoms with Crippen molar-refractivity contribution < 1.29 is 8.42 Å². The molecule has 3 rings (SSSR count). The van der Waals surface area contributed by atoms with E-state index in [0.29, 0.717) is 0 Å². The smallest absolute Gasteiger partial charge is 0.238 e. The first-order chi connectivity index (χ1) is 10.8. The van der Waals surface area contributed by atoms with Gasteiger partial charge in [-0.25, -0.2) is 23.5 Å². The minimum atomic E-state index is -3.66. The second kappa shape index (κ2) is 6.12. The fraction of sp³-hybridized carbons (Fsp3) is 0.200. The van der Waals surface area contributed by atoms with Crippen LogP contribution in [0.5, 0.6) is 0 Å². The van der Waals surface area contributed by atoms with Crippen molar-refractivity contribution in [3.05, 3.63) is 51.0 Å². The molecular formula is C15H15N3O2S3. The van der Waals surface area contributed by atoms with Crippen LogP contribution >= 0.6 is 22.7 Å². The van der Waals surface area contributed by atoms with Gasteiger partial charge in [-0.2, -0.15) is 0 Å². The first kappa shape index (κ1) is 16.3. The van der Waals surface area contributed by atoms with E-state index in [1.807, 2.05) is 20.0 Å². The summed E-state index contributed by atoms with van der Waals surface area (Å²) in [6.07, 6.45) is 2.59. The van der Waals surface area contributed by atoms with Crippen molar-refractivity contribution in [1.29, 1.82) is 0 Å². The number of sulfonamides is 1. The monoisotopic (exact) mass is 365 g/mol. The molecular weight excluding hydrogens is 350 g/mol. The molecule has 0 atom stereocenters. The Morgan fingerprint density at radius 3 is 2.35 bits per heavy atom. The van der Waals surface area contributed by atoms with E-state index in [1.54, 1.807) is 34.8 Å². The number of rotatable bonds is 4. The van der Waals surface area contributed by atoms with Crippen LogP contribution in [0.25, 0.3) is 10.4 Å². The molecule has 0 aliphatic rings. The van der Waals surface area contributed by atoms with Crippen LogP contribution < -0.4 is 5.14 Å². The van der Waals surface area contributed by atoms with Crippen LogP contribution in [-0.2, 0) is 16.4 Å². The van der Waals surface area contributed by atoms with Crippen molar-refractivity contribution in [2.24, 2.45) is 5.14 Å². The number of primary sulfonamides is 1. The van der Waals surface area contributed by atoms with E-state index in [4.69, 9.17) is 5.14 Å². The van der Waals surface area contributed by atoms with Crippen molar-refractivity contribution in [1.82, 2.24) is 9.97 Å². The number of aromatic nitrogens is 2. The highest BCUT2D eigenvalue weighted by Gasteiger charge is 2.13. The third-order valence-corrected chi connectivity index (χ3v) is 6.31. The first-order valence-electron chi connectivity index (χ1n) is 6.84. The van der Waals surface area contributed by atoms with E-state index >= 15 is 0 Å². The second-order valence-electron chi connectivity index (χ2n) is 5.13. The highest BCUT2D eigenvalue weighted by molar-refractivity contribution is 7.89. The van der Waals surface area contributed by atoms with Crippen molar-refractivity contribution in [2.75, 3.05) is 0 Å². The number of nitrogens with two attached hydrogens (primary N) is 1. The predicted molar refractivity (Wildman–Crippen MR) is 93.3 cm³/mol. The van der Waals surface area contributed by atoms with Crippen LogP contribution in [0, 0.1) is 13.8 Å². The van der Waals surface area contributed by atoms with Crippen LogP contribution in [0.4, 0.5) is 0 Å². The summed E-state index contributed by atoms with van der Waals surface area (Å²) in [6, 6.07) is 6.57. The lowest BCUT2D eigenvalue weighted by molar-refractivity contribution is 0.598. The van der Waals surface area contributed by atoms with E-state index in [1.165, 1.54) is 17.0 Å². The Bertz CT molecular complexity index is 941. The van der Waals surface area contributed by atoms with Crippen molar-refractivity contribution in [3.8, 4) is 10.4 Å². The van der Waals surface area contributed by atoms with Crippen LogP contribution in [0.2, 0.25) is 0 Å². The van der Waals surface area contributed by atoms with Gasteiger partial charge in [-0.1, -0.05) is 12.1 Å². The van der Waals surface area contributed by atoms with Gasteiger partial charge >= 0.3 is 0 Å². The summed E-state index contributed by atoms with van der Waals surface area (Å²) in [6.45, 7) is 3.99. The summed E-state index contributed by atoms with van der Waals surface area (Å²) in [7, 11) is -3.66. The molecule has 2 N–H and O–H groups in total. The third kappa shape index (κ3) is 3.66. The SMILES string of the molecule is Cc1cnc(Cc2nc(C)c(-c3ccc(S(N)(=O)=O)cc3)s2)s1. The summed E-state index contributed by atoms with van der Waals surface area (Å²) in [5, 5.41) is 7.17. The maximum Gasteiger partial charge on any atom is 0.238 e. The highest BCUT2D eigenvalue weighted by atomic mass is 32.2. The molecule has 0 aliphatic carbocycles. The molecule has 120 valence electrons. The predicted octanol–water partition coefficient (Wildman–Crippen LogP) is 3.12. The van der Waals surface area contributed by atoms with Gasteiger partial charge in [-0.3, -0.25) is 0 Å². The largest absolute Gasteiger partial charge is 0.249 e. The Morgan fingerprint density at radius 1 is 1.09 bits per heavy atom. The number of hydrogen-bond acceptors (Lipinski definition) is 6. The molecule has 3 aromatic rings. The second-order valence-corrected chi connectivity index (χ2v) is 9.10. The summed E-state index contributed by atoms with van der Waals surface area (Å²) in [5.41, 5.74) is 1.87. The standard InChI is InChI=1S/C15H15N3O2S3/c1-9-8-17-13(21-9)7-14-18-10(2)15(22-14)11-3-5-12(6-4-11)23(16,19)20/h3-6,8H,7H2,1-2H3,(H2,16,19,20). The summed E-state index contributed by atoms with van der Waals surface area (Å²) in [5.74, 6) is 0. The molecule has 0 saturated heterocycles. The molecule has 0 fully saturated rings. The average Bonchev–Trinajstić information content (AvgIpc) is 3.04. The minimum absolute atomic E-state index is 0.113. The van der Waals surface area contributed by atoms with E-state index < -0.39 is 10.0 Å². The minimum Gasteiger partial charge on any atom is -0.249 e. The lowest BCUT2D eigenvalue weighted by Gasteiger charge is -2.01. The number of aryl methyl sites for hydroxylation is 2.